The van der Waals surface area contributed by atoms with Crippen molar-refractivity contribution in [3.63, 3.8) is 0 Å². The smallest absolute Gasteiger partial charge is 0.0586 e. The molecule has 1 saturated carbocycles. The SMILES string of the molecule is O[C@H]1CCS[C@H]2CCCC[C@@H]21. The minimum absolute atomic E-state index is 0.0292. The fraction of sp³-hybridized carbons (Fsp3) is 1.00. The summed E-state index contributed by atoms with van der Waals surface area (Å²) in [7, 11) is 0. The van der Waals surface area contributed by atoms with E-state index < -0.39 is 0 Å². The van der Waals surface area contributed by atoms with Crippen molar-refractivity contribution in [2.45, 2.75) is 43.5 Å². The molecule has 1 saturated heterocycles. The van der Waals surface area contributed by atoms with Crippen molar-refractivity contribution >= 4 is 11.8 Å². The van der Waals surface area contributed by atoms with E-state index in [-0.39, 0.29) is 6.10 Å². The Morgan fingerprint density at radius 1 is 1.09 bits per heavy atom. The molecule has 2 heteroatoms. The molecule has 1 heterocycles. The molecule has 0 unspecified atom stereocenters. The van der Waals surface area contributed by atoms with Crippen LogP contribution in [0, 0.1) is 5.92 Å². The third-order valence-corrected chi connectivity index (χ3v) is 4.48. The van der Waals surface area contributed by atoms with Crippen LogP contribution < -0.4 is 0 Å². The molecule has 0 bridgehead atoms. The summed E-state index contributed by atoms with van der Waals surface area (Å²) >= 11 is 2.09. The van der Waals surface area contributed by atoms with Crippen LogP contribution in [0.5, 0.6) is 0 Å². The first-order valence-corrected chi connectivity index (χ1v) is 5.72. The van der Waals surface area contributed by atoms with E-state index in [0.717, 1.165) is 11.7 Å². The lowest BCUT2D eigenvalue weighted by atomic mass is 9.83. The van der Waals surface area contributed by atoms with Gasteiger partial charge in [0, 0.05) is 5.25 Å². The molecule has 0 aromatic rings. The molecule has 2 fully saturated rings. The highest BCUT2D eigenvalue weighted by Crippen LogP contribution is 2.40. The predicted octanol–water partition coefficient (Wildman–Crippen LogP) is 2.04. The van der Waals surface area contributed by atoms with Gasteiger partial charge in [-0.2, -0.15) is 11.8 Å². The van der Waals surface area contributed by atoms with Crippen LogP contribution >= 0.6 is 11.8 Å². The number of hydrogen-bond donors (Lipinski definition) is 1. The van der Waals surface area contributed by atoms with Gasteiger partial charge in [0.1, 0.15) is 0 Å². The Hall–Kier alpha value is 0.310. The highest BCUT2D eigenvalue weighted by atomic mass is 32.2. The van der Waals surface area contributed by atoms with Crippen LogP contribution in [0.4, 0.5) is 0 Å². The first-order valence-electron chi connectivity index (χ1n) is 4.67. The Morgan fingerprint density at radius 2 is 1.91 bits per heavy atom. The fourth-order valence-electron chi connectivity index (χ4n) is 2.33. The zero-order valence-electron chi connectivity index (χ0n) is 6.83. The third kappa shape index (κ3) is 1.57. The summed E-state index contributed by atoms with van der Waals surface area (Å²) in [5.41, 5.74) is 0. The molecule has 1 aliphatic heterocycles. The third-order valence-electron chi connectivity index (χ3n) is 2.99. The molecule has 0 aromatic carbocycles. The Bertz CT molecular complexity index is 136. The van der Waals surface area contributed by atoms with E-state index in [4.69, 9.17) is 0 Å². The lowest BCUT2D eigenvalue weighted by Gasteiger charge is -2.38. The average Bonchev–Trinajstić information content (AvgIpc) is 2.06. The summed E-state index contributed by atoms with van der Waals surface area (Å²) in [6, 6.07) is 0. The van der Waals surface area contributed by atoms with E-state index in [9.17, 15) is 5.11 Å². The Kier molecular flexibility index (Phi) is 2.42. The molecule has 1 nitrogen and oxygen atoms in total. The quantitative estimate of drug-likeness (QED) is 0.603. The molecule has 2 aliphatic rings. The molecule has 0 amide bonds. The van der Waals surface area contributed by atoms with E-state index in [2.05, 4.69) is 11.8 Å². The van der Waals surface area contributed by atoms with Gasteiger partial charge in [0.15, 0.2) is 0 Å². The molecule has 1 N–H and O–H groups in total. The largest absolute Gasteiger partial charge is 0.393 e. The topological polar surface area (TPSA) is 20.2 Å². The van der Waals surface area contributed by atoms with Crippen molar-refractivity contribution in [2.24, 2.45) is 5.92 Å². The molecular weight excluding hydrogens is 156 g/mol. The normalized spacial score (nSPS) is 45.0. The first-order chi connectivity index (χ1) is 5.38. The standard InChI is InChI=1S/C9H16OS/c10-8-5-6-11-9-4-2-1-3-7(8)9/h7-10H,1-6H2/t7-,8+,9+/m1/s1. The lowest BCUT2D eigenvalue weighted by molar-refractivity contribution is 0.0813. The molecule has 0 spiro atoms. The monoisotopic (exact) mass is 172 g/mol. The minimum atomic E-state index is 0.0292. The first kappa shape index (κ1) is 7.93. The summed E-state index contributed by atoms with van der Waals surface area (Å²) in [5, 5.41) is 10.5. The zero-order valence-corrected chi connectivity index (χ0v) is 7.65. The lowest BCUT2D eigenvalue weighted by Crippen LogP contribution is -2.36. The number of thioether (sulfide) groups is 1. The van der Waals surface area contributed by atoms with Gasteiger partial charge in [-0.1, -0.05) is 12.8 Å². The maximum absolute atomic E-state index is 9.69. The molecule has 11 heavy (non-hydrogen) atoms. The van der Waals surface area contributed by atoms with Crippen LogP contribution in [0.25, 0.3) is 0 Å². The van der Waals surface area contributed by atoms with Gasteiger partial charge in [0.25, 0.3) is 0 Å². The Labute approximate surface area is 72.6 Å². The molecule has 2 rings (SSSR count). The summed E-state index contributed by atoms with van der Waals surface area (Å²) in [6.45, 7) is 0. The summed E-state index contributed by atoms with van der Waals surface area (Å²) in [6.07, 6.45) is 6.43. The average molecular weight is 172 g/mol. The van der Waals surface area contributed by atoms with Gasteiger partial charge in [0.05, 0.1) is 6.10 Å². The van der Waals surface area contributed by atoms with Crippen LogP contribution in [-0.2, 0) is 0 Å². The highest BCUT2D eigenvalue weighted by Gasteiger charge is 2.33. The van der Waals surface area contributed by atoms with Crippen molar-refractivity contribution in [1.82, 2.24) is 0 Å². The van der Waals surface area contributed by atoms with Crippen LogP contribution in [0.2, 0.25) is 0 Å². The second-order valence-electron chi connectivity index (χ2n) is 3.71. The fourth-order valence-corrected chi connectivity index (χ4v) is 3.91. The van der Waals surface area contributed by atoms with Crippen LogP contribution in [0.15, 0.2) is 0 Å². The van der Waals surface area contributed by atoms with Gasteiger partial charge < -0.3 is 5.11 Å². The molecule has 1 aliphatic carbocycles. The number of fused-ring (bicyclic) bond motifs is 1. The van der Waals surface area contributed by atoms with E-state index in [1.165, 1.54) is 31.4 Å². The second kappa shape index (κ2) is 3.36. The van der Waals surface area contributed by atoms with Gasteiger partial charge in [0.2, 0.25) is 0 Å². The van der Waals surface area contributed by atoms with Gasteiger partial charge in [-0.3, -0.25) is 0 Å². The maximum atomic E-state index is 9.69. The summed E-state index contributed by atoms with van der Waals surface area (Å²) < 4.78 is 0. The summed E-state index contributed by atoms with van der Waals surface area (Å²) in [5.74, 6) is 1.82. The van der Waals surface area contributed by atoms with Crippen molar-refractivity contribution in [2.75, 3.05) is 5.75 Å². The molecule has 3 atom stereocenters. The van der Waals surface area contributed by atoms with Gasteiger partial charge in [-0.25, -0.2) is 0 Å². The minimum Gasteiger partial charge on any atom is -0.393 e. The zero-order chi connectivity index (χ0) is 7.68. The van der Waals surface area contributed by atoms with Crippen molar-refractivity contribution in [3.8, 4) is 0 Å². The van der Waals surface area contributed by atoms with Crippen LogP contribution in [-0.4, -0.2) is 22.2 Å². The van der Waals surface area contributed by atoms with Gasteiger partial charge >= 0.3 is 0 Å². The van der Waals surface area contributed by atoms with E-state index in [1.54, 1.807) is 0 Å². The maximum Gasteiger partial charge on any atom is 0.0586 e. The molecule has 0 aromatic heterocycles. The Balaban J connectivity index is 1.99. The van der Waals surface area contributed by atoms with Gasteiger partial charge in [-0.15, -0.1) is 0 Å². The number of rotatable bonds is 0. The Morgan fingerprint density at radius 3 is 2.73 bits per heavy atom. The highest BCUT2D eigenvalue weighted by molar-refractivity contribution is 7.99. The van der Waals surface area contributed by atoms with Crippen molar-refractivity contribution in [1.29, 1.82) is 0 Å². The van der Waals surface area contributed by atoms with E-state index in [1.807, 2.05) is 0 Å². The van der Waals surface area contributed by atoms with Crippen LogP contribution in [0.1, 0.15) is 32.1 Å². The number of hydrogen-bond acceptors (Lipinski definition) is 2. The van der Waals surface area contributed by atoms with Crippen molar-refractivity contribution in [3.05, 3.63) is 0 Å². The predicted molar refractivity (Wildman–Crippen MR) is 48.8 cm³/mol. The van der Waals surface area contributed by atoms with Gasteiger partial charge in [-0.05, 0) is 30.9 Å². The van der Waals surface area contributed by atoms with Crippen molar-refractivity contribution < 1.29 is 5.11 Å². The number of aliphatic hydroxyl groups is 1. The second-order valence-corrected chi connectivity index (χ2v) is 5.06. The van der Waals surface area contributed by atoms with E-state index >= 15 is 0 Å². The molecular formula is C9H16OS. The van der Waals surface area contributed by atoms with Crippen LogP contribution in [0.3, 0.4) is 0 Å². The van der Waals surface area contributed by atoms with E-state index in [0.29, 0.717) is 5.92 Å². The molecule has 0 radical (unpaired) electrons. The summed E-state index contributed by atoms with van der Waals surface area (Å²) in [4.78, 5) is 0. The molecule has 64 valence electrons. The number of aliphatic hydroxyl groups excluding tert-OH is 1.